The van der Waals surface area contributed by atoms with Gasteiger partial charge in [0.2, 0.25) is 5.91 Å². The molecule has 1 aliphatic rings. The summed E-state index contributed by atoms with van der Waals surface area (Å²) in [6.45, 7) is 4.01. The number of carbonyl (C=O) groups excluding carboxylic acids is 2. The topological polar surface area (TPSA) is 61.9 Å². The van der Waals surface area contributed by atoms with Crippen LogP contribution in [0, 0.1) is 0 Å². The lowest BCUT2D eigenvalue weighted by Crippen LogP contribution is -2.40. The normalized spacial score (nSPS) is 14.4. The first kappa shape index (κ1) is 16.1. The predicted octanol–water partition coefficient (Wildman–Crippen LogP) is 1.85. The number of nitrogens with zero attached hydrogens (tertiary/aromatic N) is 2. The van der Waals surface area contributed by atoms with E-state index in [1.807, 2.05) is 24.3 Å². The molecule has 0 atom stereocenters. The molecule has 0 radical (unpaired) electrons. The molecule has 1 heterocycles. The van der Waals surface area contributed by atoms with Crippen LogP contribution in [0.25, 0.3) is 0 Å². The fourth-order valence-corrected chi connectivity index (χ4v) is 2.36. The highest BCUT2D eigenvalue weighted by Crippen LogP contribution is 2.22. The molecule has 1 saturated heterocycles. The molecule has 1 aromatic rings. The first-order valence-electron chi connectivity index (χ1n) is 7.63. The zero-order valence-electron chi connectivity index (χ0n) is 13.2. The van der Waals surface area contributed by atoms with Gasteiger partial charge in [0.15, 0.2) is 0 Å². The summed E-state index contributed by atoms with van der Waals surface area (Å²) in [5, 5.41) is 2.83. The van der Waals surface area contributed by atoms with Gasteiger partial charge in [-0.25, -0.2) is 4.79 Å². The minimum atomic E-state index is -0.129. The number of methoxy groups -OCH3 is 1. The van der Waals surface area contributed by atoms with Crippen LogP contribution in [0.5, 0.6) is 5.75 Å². The maximum atomic E-state index is 12.4. The van der Waals surface area contributed by atoms with Gasteiger partial charge in [-0.05, 0) is 30.7 Å². The van der Waals surface area contributed by atoms with Gasteiger partial charge in [0.25, 0.3) is 0 Å². The van der Waals surface area contributed by atoms with Gasteiger partial charge < -0.3 is 15.0 Å². The Balaban J connectivity index is 1.90. The number of rotatable bonds is 7. The number of amides is 3. The number of urea groups is 1. The average Bonchev–Trinajstić information content (AvgIpc) is 2.89. The van der Waals surface area contributed by atoms with Gasteiger partial charge in [0, 0.05) is 25.3 Å². The molecule has 0 saturated carbocycles. The van der Waals surface area contributed by atoms with Crippen LogP contribution >= 0.6 is 0 Å². The van der Waals surface area contributed by atoms with Crippen molar-refractivity contribution in [2.45, 2.75) is 19.8 Å². The molecule has 1 N–H and O–H groups in total. The Morgan fingerprint density at radius 2 is 2.00 bits per heavy atom. The van der Waals surface area contributed by atoms with Crippen molar-refractivity contribution in [1.82, 2.24) is 10.2 Å². The van der Waals surface area contributed by atoms with Crippen molar-refractivity contribution in [1.29, 1.82) is 0 Å². The number of benzene rings is 1. The lowest BCUT2D eigenvalue weighted by atomic mass is 10.3. The molecule has 6 nitrogen and oxygen atoms in total. The summed E-state index contributed by atoms with van der Waals surface area (Å²) in [6.07, 6.45) is 1.99. The first-order valence-corrected chi connectivity index (χ1v) is 7.63. The zero-order valence-corrected chi connectivity index (χ0v) is 13.2. The van der Waals surface area contributed by atoms with E-state index in [2.05, 4.69) is 12.2 Å². The molecule has 2 rings (SSSR count). The van der Waals surface area contributed by atoms with E-state index in [0.717, 1.165) is 24.3 Å². The Bertz CT molecular complexity index is 516. The molecule has 0 bridgehead atoms. The number of anilines is 1. The van der Waals surface area contributed by atoms with Crippen LogP contribution < -0.4 is 15.0 Å². The van der Waals surface area contributed by atoms with E-state index in [1.54, 1.807) is 16.9 Å². The molecule has 0 aromatic heterocycles. The Kier molecular flexibility index (Phi) is 5.63. The SMILES string of the molecule is CCCCNC(=O)CN1CCN(c2ccc(OC)cc2)C1=O. The van der Waals surface area contributed by atoms with Gasteiger partial charge in [-0.1, -0.05) is 13.3 Å². The Hall–Kier alpha value is -2.24. The summed E-state index contributed by atoms with van der Waals surface area (Å²) in [6, 6.07) is 7.21. The molecular weight excluding hydrogens is 282 g/mol. The quantitative estimate of drug-likeness (QED) is 0.782. The lowest BCUT2D eigenvalue weighted by Gasteiger charge is -2.18. The standard InChI is InChI=1S/C16H23N3O3/c1-3-4-9-17-15(20)12-18-10-11-19(16(18)21)13-5-7-14(22-2)8-6-13/h5-8H,3-4,9-12H2,1-2H3,(H,17,20). The number of ether oxygens (including phenoxy) is 1. The largest absolute Gasteiger partial charge is 0.497 e. The van der Waals surface area contributed by atoms with Crippen LogP contribution in [0.15, 0.2) is 24.3 Å². The van der Waals surface area contributed by atoms with E-state index < -0.39 is 0 Å². The molecule has 1 aromatic carbocycles. The van der Waals surface area contributed by atoms with Crippen LogP contribution in [-0.4, -0.2) is 50.1 Å². The molecule has 0 aliphatic carbocycles. The predicted molar refractivity (Wildman–Crippen MR) is 85.2 cm³/mol. The van der Waals surface area contributed by atoms with Gasteiger partial charge >= 0.3 is 6.03 Å². The second kappa shape index (κ2) is 7.68. The monoisotopic (exact) mass is 305 g/mol. The van der Waals surface area contributed by atoms with Crippen molar-refractivity contribution in [2.24, 2.45) is 0 Å². The summed E-state index contributed by atoms with van der Waals surface area (Å²) in [5.74, 6) is 0.654. The second-order valence-electron chi connectivity index (χ2n) is 5.26. The molecule has 6 heteroatoms. The molecular formula is C16H23N3O3. The second-order valence-corrected chi connectivity index (χ2v) is 5.26. The van der Waals surface area contributed by atoms with Crippen molar-refractivity contribution < 1.29 is 14.3 Å². The molecule has 3 amide bonds. The number of nitrogens with one attached hydrogen (secondary N) is 1. The Morgan fingerprint density at radius 1 is 1.27 bits per heavy atom. The smallest absolute Gasteiger partial charge is 0.325 e. The minimum absolute atomic E-state index is 0.0987. The maximum absolute atomic E-state index is 12.4. The number of unbranched alkanes of at least 4 members (excludes halogenated alkanes) is 1. The van der Waals surface area contributed by atoms with Crippen molar-refractivity contribution in [3.8, 4) is 5.75 Å². The fourth-order valence-electron chi connectivity index (χ4n) is 2.36. The van der Waals surface area contributed by atoms with Crippen LogP contribution in [0.2, 0.25) is 0 Å². The van der Waals surface area contributed by atoms with Crippen molar-refractivity contribution >= 4 is 17.6 Å². The van der Waals surface area contributed by atoms with Crippen LogP contribution in [0.1, 0.15) is 19.8 Å². The summed E-state index contributed by atoms with van der Waals surface area (Å²) in [4.78, 5) is 27.4. The Labute approximate surface area is 131 Å². The fraction of sp³-hybridized carbons (Fsp3) is 0.500. The molecule has 0 spiro atoms. The number of hydrogen-bond donors (Lipinski definition) is 1. The van der Waals surface area contributed by atoms with Gasteiger partial charge in [-0.3, -0.25) is 9.69 Å². The van der Waals surface area contributed by atoms with Crippen molar-refractivity contribution in [2.75, 3.05) is 38.2 Å². The zero-order chi connectivity index (χ0) is 15.9. The molecule has 22 heavy (non-hydrogen) atoms. The van der Waals surface area contributed by atoms with Gasteiger partial charge in [-0.15, -0.1) is 0 Å². The van der Waals surface area contributed by atoms with Gasteiger partial charge in [0.05, 0.1) is 7.11 Å². The summed E-state index contributed by atoms with van der Waals surface area (Å²) < 4.78 is 5.11. The van der Waals surface area contributed by atoms with Crippen molar-refractivity contribution in [3.05, 3.63) is 24.3 Å². The van der Waals surface area contributed by atoms with E-state index in [4.69, 9.17) is 4.74 Å². The third kappa shape index (κ3) is 3.90. The molecule has 0 unspecified atom stereocenters. The lowest BCUT2D eigenvalue weighted by molar-refractivity contribution is -0.121. The van der Waals surface area contributed by atoms with E-state index in [0.29, 0.717) is 19.6 Å². The van der Waals surface area contributed by atoms with Crippen LogP contribution in [-0.2, 0) is 4.79 Å². The number of hydrogen-bond acceptors (Lipinski definition) is 3. The molecule has 120 valence electrons. The van der Waals surface area contributed by atoms with E-state index in [1.165, 1.54) is 0 Å². The molecule has 1 fully saturated rings. The van der Waals surface area contributed by atoms with Crippen LogP contribution in [0.4, 0.5) is 10.5 Å². The maximum Gasteiger partial charge on any atom is 0.325 e. The third-order valence-electron chi connectivity index (χ3n) is 3.67. The first-order chi connectivity index (χ1) is 10.7. The minimum Gasteiger partial charge on any atom is -0.497 e. The van der Waals surface area contributed by atoms with Crippen LogP contribution in [0.3, 0.4) is 0 Å². The highest BCUT2D eigenvalue weighted by molar-refractivity contribution is 5.96. The van der Waals surface area contributed by atoms with E-state index in [9.17, 15) is 9.59 Å². The van der Waals surface area contributed by atoms with Gasteiger partial charge in [-0.2, -0.15) is 0 Å². The number of carbonyl (C=O) groups is 2. The highest BCUT2D eigenvalue weighted by Gasteiger charge is 2.30. The average molecular weight is 305 g/mol. The van der Waals surface area contributed by atoms with Crippen molar-refractivity contribution in [3.63, 3.8) is 0 Å². The summed E-state index contributed by atoms with van der Waals surface area (Å²) in [5.41, 5.74) is 0.819. The summed E-state index contributed by atoms with van der Waals surface area (Å²) in [7, 11) is 1.61. The third-order valence-corrected chi connectivity index (χ3v) is 3.67. The van der Waals surface area contributed by atoms with E-state index in [-0.39, 0.29) is 18.5 Å². The van der Waals surface area contributed by atoms with E-state index >= 15 is 0 Å². The highest BCUT2D eigenvalue weighted by atomic mass is 16.5. The summed E-state index contributed by atoms with van der Waals surface area (Å²) >= 11 is 0. The Morgan fingerprint density at radius 3 is 2.64 bits per heavy atom. The van der Waals surface area contributed by atoms with Gasteiger partial charge in [0.1, 0.15) is 12.3 Å². The molecule has 1 aliphatic heterocycles.